The molecule has 1 saturated heterocycles. The van der Waals surface area contributed by atoms with E-state index >= 15 is 0 Å². The molecule has 3 N–H and O–H groups in total. The minimum absolute atomic E-state index is 0.316. The van der Waals surface area contributed by atoms with Crippen LogP contribution in [0.4, 0.5) is 0 Å². The van der Waals surface area contributed by atoms with Crippen LogP contribution < -0.4 is 11.1 Å². The quantitative estimate of drug-likeness (QED) is 0.428. The zero-order valence-corrected chi connectivity index (χ0v) is 5.96. The highest BCUT2D eigenvalue weighted by Crippen LogP contribution is 2.10. The van der Waals surface area contributed by atoms with Crippen LogP contribution in [0.2, 0.25) is 0 Å². The molecule has 0 amide bonds. The van der Waals surface area contributed by atoms with Gasteiger partial charge in [-0.15, -0.1) is 0 Å². The maximum atomic E-state index is 5.76. The first-order valence-corrected chi connectivity index (χ1v) is 3.76. The standard InChI is InChI=1S/C7H13N3/c8-6-4-9-7-2-1-3-10(7)5-6/h1-2,6-7,9H,3-5,8H2. The Kier molecular flexibility index (Phi) is 1.48. The molecule has 10 heavy (non-hydrogen) atoms. The first kappa shape index (κ1) is 6.34. The summed E-state index contributed by atoms with van der Waals surface area (Å²) in [5.74, 6) is 0. The van der Waals surface area contributed by atoms with Crippen molar-refractivity contribution in [2.24, 2.45) is 5.73 Å². The number of hydrogen-bond acceptors (Lipinski definition) is 3. The van der Waals surface area contributed by atoms with Crippen molar-refractivity contribution in [3.05, 3.63) is 12.2 Å². The fraction of sp³-hybridized carbons (Fsp3) is 0.714. The van der Waals surface area contributed by atoms with E-state index in [2.05, 4.69) is 22.4 Å². The van der Waals surface area contributed by atoms with Crippen molar-refractivity contribution in [2.75, 3.05) is 19.6 Å². The maximum absolute atomic E-state index is 5.76. The van der Waals surface area contributed by atoms with E-state index in [-0.39, 0.29) is 0 Å². The molecule has 2 aliphatic rings. The average molecular weight is 139 g/mol. The summed E-state index contributed by atoms with van der Waals surface area (Å²) in [6.45, 7) is 3.04. The predicted molar refractivity (Wildman–Crippen MR) is 40.5 cm³/mol. The highest BCUT2D eigenvalue weighted by molar-refractivity contribution is 5.05. The summed E-state index contributed by atoms with van der Waals surface area (Å²) in [6, 6.07) is 0.316. The topological polar surface area (TPSA) is 41.3 Å². The van der Waals surface area contributed by atoms with Crippen LogP contribution in [0.15, 0.2) is 12.2 Å². The Morgan fingerprint density at radius 1 is 1.60 bits per heavy atom. The third kappa shape index (κ3) is 0.963. The molecule has 0 radical (unpaired) electrons. The lowest BCUT2D eigenvalue weighted by molar-refractivity contribution is 0.180. The minimum Gasteiger partial charge on any atom is -0.325 e. The summed E-state index contributed by atoms with van der Waals surface area (Å²) < 4.78 is 0. The summed E-state index contributed by atoms with van der Waals surface area (Å²) in [7, 11) is 0. The summed E-state index contributed by atoms with van der Waals surface area (Å²) in [5.41, 5.74) is 5.76. The van der Waals surface area contributed by atoms with Crippen LogP contribution in [0.1, 0.15) is 0 Å². The number of nitrogens with one attached hydrogen (secondary N) is 1. The summed E-state index contributed by atoms with van der Waals surface area (Å²) in [5, 5.41) is 3.34. The molecule has 0 aromatic rings. The molecule has 3 heteroatoms. The Morgan fingerprint density at radius 3 is 3.40 bits per heavy atom. The Bertz CT molecular complexity index is 155. The first-order valence-electron chi connectivity index (χ1n) is 3.76. The molecule has 0 saturated carbocycles. The van der Waals surface area contributed by atoms with Gasteiger partial charge in [-0.25, -0.2) is 0 Å². The van der Waals surface area contributed by atoms with Crippen molar-refractivity contribution in [1.29, 1.82) is 0 Å². The lowest BCUT2D eigenvalue weighted by atomic mass is 10.2. The Morgan fingerprint density at radius 2 is 2.50 bits per heavy atom. The molecule has 1 fully saturated rings. The molecular formula is C7H13N3. The van der Waals surface area contributed by atoms with Gasteiger partial charge in [0.1, 0.15) is 0 Å². The monoisotopic (exact) mass is 139 g/mol. The molecular weight excluding hydrogens is 126 g/mol. The lowest BCUT2D eigenvalue weighted by Crippen LogP contribution is -2.57. The Hall–Kier alpha value is -0.380. The highest BCUT2D eigenvalue weighted by atomic mass is 15.3. The smallest absolute Gasteiger partial charge is 0.0793 e. The van der Waals surface area contributed by atoms with Crippen LogP contribution >= 0.6 is 0 Å². The minimum atomic E-state index is 0.316. The van der Waals surface area contributed by atoms with Crippen LogP contribution in [-0.2, 0) is 0 Å². The zero-order valence-electron chi connectivity index (χ0n) is 5.96. The van der Waals surface area contributed by atoms with Crippen molar-refractivity contribution >= 4 is 0 Å². The van der Waals surface area contributed by atoms with Gasteiger partial charge in [0.05, 0.1) is 6.17 Å². The molecule has 0 bridgehead atoms. The second-order valence-corrected chi connectivity index (χ2v) is 3.00. The molecule has 2 heterocycles. The van der Waals surface area contributed by atoms with Crippen molar-refractivity contribution in [2.45, 2.75) is 12.2 Å². The van der Waals surface area contributed by atoms with Gasteiger partial charge in [0.15, 0.2) is 0 Å². The normalized spacial score (nSPS) is 40.1. The summed E-state index contributed by atoms with van der Waals surface area (Å²) in [4.78, 5) is 2.34. The van der Waals surface area contributed by atoms with E-state index < -0.39 is 0 Å². The molecule has 0 spiro atoms. The molecule has 0 aliphatic carbocycles. The first-order chi connectivity index (χ1) is 4.86. The molecule has 2 aliphatic heterocycles. The van der Waals surface area contributed by atoms with Gasteiger partial charge in [-0.1, -0.05) is 12.2 Å². The van der Waals surface area contributed by atoms with Crippen LogP contribution in [-0.4, -0.2) is 36.7 Å². The van der Waals surface area contributed by atoms with Gasteiger partial charge in [0, 0.05) is 25.7 Å². The van der Waals surface area contributed by atoms with Gasteiger partial charge in [-0.3, -0.25) is 10.2 Å². The number of rotatable bonds is 0. The average Bonchev–Trinajstić information content (AvgIpc) is 2.33. The van der Waals surface area contributed by atoms with E-state index in [0.717, 1.165) is 19.6 Å². The van der Waals surface area contributed by atoms with Gasteiger partial charge >= 0.3 is 0 Å². The third-order valence-corrected chi connectivity index (χ3v) is 2.11. The van der Waals surface area contributed by atoms with Gasteiger partial charge < -0.3 is 5.73 Å². The number of hydrogen-bond donors (Lipinski definition) is 2. The van der Waals surface area contributed by atoms with Crippen LogP contribution in [0.3, 0.4) is 0 Å². The van der Waals surface area contributed by atoms with Gasteiger partial charge in [-0.05, 0) is 0 Å². The molecule has 56 valence electrons. The van der Waals surface area contributed by atoms with E-state index in [1.54, 1.807) is 0 Å². The van der Waals surface area contributed by atoms with Crippen molar-refractivity contribution in [3.63, 3.8) is 0 Å². The van der Waals surface area contributed by atoms with Crippen LogP contribution in [0.25, 0.3) is 0 Å². The zero-order chi connectivity index (χ0) is 6.97. The highest BCUT2D eigenvalue weighted by Gasteiger charge is 2.25. The van der Waals surface area contributed by atoms with Gasteiger partial charge in [0.25, 0.3) is 0 Å². The Balaban J connectivity index is 2.01. The largest absolute Gasteiger partial charge is 0.325 e. The predicted octanol–water partition coefficient (Wildman–Crippen LogP) is -0.885. The van der Waals surface area contributed by atoms with Gasteiger partial charge in [-0.2, -0.15) is 0 Å². The lowest BCUT2D eigenvalue weighted by Gasteiger charge is -2.33. The Labute approximate surface area is 60.9 Å². The van der Waals surface area contributed by atoms with Crippen molar-refractivity contribution in [3.8, 4) is 0 Å². The second-order valence-electron chi connectivity index (χ2n) is 3.00. The van der Waals surface area contributed by atoms with E-state index in [0.29, 0.717) is 12.2 Å². The molecule has 3 nitrogen and oxygen atoms in total. The molecule has 2 atom stereocenters. The summed E-state index contributed by atoms with van der Waals surface area (Å²) >= 11 is 0. The van der Waals surface area contributed by atoms with Crippen molar-refractivity contribution in [1.82, 2.24) is 10.2 Å². The molecule has 0 aromatic heterocycles. The van der Waals surface area contributed by atoms with E-state index in [1.807, 2.05) is 0 Å². The van der Waals surface area contributed by atoms with E-state index in [4.69, 9.17) is 5.73 Å². The fourth-order valence-electron chi connectivity index (χ4n) is 1.58. The third-order valence-electron chi connectivity index (χ3n) is 2.11. The molecule has 2 unspecified atom stereocenters. The summed E-state index contributed by atoms with van der Waals surface area (Å²) in [6.07, 6.45) is 4.86. The van der Waals surface area contributed by atoms with Gasteiger partial charge in [0.2, 0.25) is 0 Å². The molecule has 0 aromatic carbocycles. The van der Waals surface area contributed by atoms with Crippen LogP contribution in [0.5, 0.6) is 0 Å². The van der Waals surface area contributed by atoms with E-state index in [9.17, 15) is 0 Å². The number of nitrogens with two attached hydrogens (primary N) is 1. The fourth-order valence-corrected chi connectivity index (χ4v) is 1.58. The van der Waals surface area contributed by atoms with Crippen molar-refractivity contribution < 1.29 is 0 Å². The second kappa shape index (κ2) is 2.34. The SMILES string of the molecule is NC1CNC2C=CCN2C1. The number of nitrogens with zero attached hydrogens (tertiary/aromatic N) is 1. The maximum Gasteiger partial charge on any atom is 0.0793 e. The number of fused-ring (bicyclic) bond motifs is 1. The van der Waals surface area contributed by atoms with Crippen LogP contribution in [0, 0.1) is 0 Å². The van der Waals surface area contributed by atoms with E-state index in [1.165, 1.54) is 0 Å². The molecule has 2 rings (SSSR count).